The van der Waals surface area contributed by atoms with E-state index in [1.165, 1.54) is 0 Å². The summed E-state index contributed by atoms with van der Waals surface area (Å²) in [5.41, 5.74) is 1.78. The van der Waals surface area contributed by atoms with E-state index in [2.05, 4.69) is 36.0 Å². The van der Waals surface area contributed by atoms with Gasteiger partial charge in [-0.25, -0.2) is 4.98 Å². The average Bonchev–Trinajstić information content (AvgIpc) is 2.26. The minimum atomic E-state index is 0.327. The number of hydrogen-bond acceptors (Lipinski definition) is 3. The van der Waals surface area contributed by atoms with Crippen molar-refractivity contribution in [3.05, 3.63) is 23.0 Å². The van der Waals surface area contributed by atoms with Gasteiger partial charge in [0, 0.05) is 25.8 Å². The van der Waals surface area contributed by atoms with Crippen LogP contribution >= 0.6 is 11.6 Å². The fourth-order valence-electron chi connectivity index (χ4n) is 1.27. The molecule has 0 unspecified atom stereocenters. The molecule has 1 aromatic heterocycles. The van der Waals surface area contributed by atoms with Crippen molar-refractivity contribution in [3.63, 3.8) is 0 Å². The van der Waals surface area contributed by atoms with Gasteiger partial charge < -0.3 is 10.1 Å². The second-order valence-electron chi connectivity index (χ2n) is 3.90. The number of aromatic nitrogens is 1. The highest BCUT2D eigenvalue weighted by Gasteiger charge is 2.03. The largest absolute Gasteiger partial charge is 0.384 e. The third kappa shape index (κ3) is 5.08. The highest BCUT2D eigenvalue weighted by molar-refractivity contribution is 6.29. The molecule has 1 N–H and O–H groups in total. The number of hydrogen-bond donors (Lipinski definition) is 1. The Labute approximate surface area is 108 Å². The zero-order valence-corrected chi connectivity index (χ0v) is 11.1. The van der Waals surface area contributed by atoms with E-state index in [1.54, 1.807) is 19.4 Å². The zero-order chi connectivity index (χ0) is 12.7. The molecule has 0 saturated carbocycles. The predicted molar refractivity (Wildman–Crippen MR) is 71.4 cm³/mol. The summed E-state index contributed by atoms with van der Waals surface area (Å²) >= 11 is 5.86. The maximum Gasteiger partial charge on any atom is 0.131 e. The van der Waals surface area contributed by atoms with Crippen LogP contribution < -0.4 is 5.32 Å². The Morgan fingerprint density at radius 3 is 2.94 bits per heavy atom. The minimum absolute atomic E-state index is 0.327. The maximum atomic E-state index is 5.86. The molecule has 0 spiro atoms. The molecule has 0 aliphatic rings. The molecule has 1 heterocycles. The first-order valence-corrected chi connectivity index (χ1v) is 5.91. The summed E-state index contributed by atoms with van der Waals surface area (Å²) in [6.45, 7) is 4.77. The molecule has 92 valence electrons. The van der Waals surface area contributed by atoms with Crippen LogP contribution in [0.2, 0.25) is 5.15 Å². The van der Waals surface area contributed by atoms with Crippen molar-refractivity contribution < 1.29 is 4.74 Å². The first-order chi connectivity index (χ1) is 8.13. The molecule has 0 aliphatic heterocycles. The molecular formula is C13H17ClN2O. The Morgan fingerprint density at radius 1 is 1.53 bits per heavy atom. The van der Waals surface area contributed by atoms with Gasteiger partial charge in [0.25, 0.3) is 0 Å². The summed E-state index contributed by atoms with van der Waals surface area (Å²) in [6, 6.07) is 2.12. The van der Waals surface area contributed by atoms with Crippen LogP contribution in [-0.4, -0.2) is 24.7 Å². The molecule has 17 heavy (non-hydrogen) atoms. The normalized spacial score (nSPS) is 9.94. The summed E-state index contributed by atoms with van der Waals surface area (Å²) in [5.74, 6) is 6.10. The third-order valence-electron chi connectivity index (χ3n) is 1.97. The number of anilines is 1. The van der Waals surface area contributed by atoms with Crippen molar-refractivity contribution in [2.45, 2.75) is 26.3 Å². The second-order valence-corrected chi connectivity index (χ2v) is 4.28. The lowest BCUT2D eigenvalue weighted by Gasteiger charge is -2.11. The van der Waals surface area contributed by atoms with Gasteiger partial charge in [0.05, 0.1) is 17.9 Å². The quantitative estimate of drug-likeness (QED) is 0.508. The van der Waals surface area contributed by atoms with E-state index < -0.39 is 0 Å². The molecular weight excluding hydrogens is 236 g/mol. The Bertz CT molecular complexity index is 421. The van der Waals surface area contributed by atoms with Gasteiger partial charge in [0.15, 0.2) is 0 Å². The number of halogens is 1. The summed E-state index contributed by atoms with van der Waals surface area (Å²) in [5, 5.41) is 3.77. The van der Waals surface area contributed by atoms with Crippen LogP contribution in [0.3, 0.4) is 0 Å². The van der Waals surface area contributed by atoms with Gasteiger partial charge in [0.2, 0.25) is 0 Å². The van der Waals surface area contributed by atoms with Crippen molar-refractivity contribution in [2.24, 2.45) is 0 Å². The van der Waals surface area contributed by atoms with Gasteiger partial charge >= 0.3 is 0 Å². The van der Waals surface area contributed by atoms with Crippen molar-refractivity contribution in [1.29, 1.82) is 0 Å². The number of nitrogens with zero attached hydrogens (tertiary/aromatic N) is 1. The monoisotopic (exact) mass is 252 g/mol. The van der Waals surface area contributed by atoms with Gasteiger partial charge in [-0.1, -0.05) is 23.4 Å². The van der Waals surface area contributed by atoms with E-state index in [0.29, 0.717) is 24.2 Å². The fourth-order valence-corrected chi connectivity index (χ4v) is 1.43. The van der Waals surface area contributed by atoms with Crippen LogP contribution in [0, 0.1) is 11.8 Å². The lowest BCUT2D eigenvalue weighted by atomic mass is 10.2. The Kier molecular flexibility index (Phi) is 5.82. The molecule has 0 amide bonds. The van der Waals surface area contributed by atoms with Crippen LogP contribution in [0.25, 0.3) is 0 Å². The van der Waals surface area contributed by atoms with Crippen LogP contribution in [0.15, 0.2) is 12.3 Å². The molecule has 0 atom stereocenters. The molecule has 0 aliphatic carbocycles. The molecule has 0 aromatic carbocycles. The molecule has 3 nitrogen and oxygen atoms in total. The minimum Gasteiger partial charge on any atom is -0.384 e. The number of rotatable bonds is 4. The van der Waals surface area contributed by atoms with Crippen LogP contribution in [0.4, 0.5) is 5.69 Å². The first kappa shape index (κ1) is 13.8. The van der Waals surface area contributed by atoms with Gasteiger partial charge in [-0.3, -0.25) is 0 Å². The third-order valence-corrected chi connectivity index (χ3v) is 2.18. The Balaban J connectivity index is 2.84. The molecule has 0 fully saturated rings. The van der Waals surface area contributed by atoms with Gasteiger partial charge in [0.1, 0.15) is 5.15 Å². The van der Waals surface area contributed by atoms with E-state index >= 15 is 0 Å². The summed E-state index contributed by atoms with van der Waals surface area (Å²) in [4.78, 5) is 4.04. The highest BCUT2D eigenvalue weighted by Crippen LogP contribution is 2.18. The van der Waals surface area contributed by atoms with Crippen LogP contribution in [-0.2, 0) is 4.74 Å². The number of nitrogens with one attached hydrogen (secondary N) is 1. The zero-order valence-electron chi connectivity index (χ0n) is 10.4. The van der Waals surface area contributed by atoms with E-state index in [4.69, 9.17) is 16.3 Å². The second kappa shape index (κ2) is 7.16. The smallest absolute Gasteiger partial charge is 0.131 e. The van der Waals surface area contributed by atoms with E-state index in [9.17, 15) is 0 Å². The van der Waals surface area contributed by atoms with E-state index in [-0.39, 0.29) is 0 Å². The molecule has 4 heteroatoms. The fraction of sp³-hybridized carbons (Fsp3) is 0.462. The Morgan fingerprint density at radius 2 is 2.29 bits per heavy atom. The lowest BCUT2D eigenvalue weighted by molar-refractivity contribution is 0.206. The van der Waals surface area contributed by atoms with E-state index in [1.807, 2.05) is 0 Å². The SMILES string of the molecule is COCCC#Cc1cnc(Cl)cc1NC(C)C. The maximum absolute atomic E-state index is 5.86. The van der Waals surface area contributed by atoms with E-state index in [0.717, 1.165) is 11.3 Å². The van der Waals surface area contributed by atoms with Crippen molar-refractivity contribution in [3.8, 4) is 11.8 Å². The number of methoxy groups -OCH3 is 1. The van der Waals surface area contributed by atoms with Crippen LogP contribution in [0.5, 0.6) is 0 Å². The van der Waals surface area contributed by atoms with Crippen molar-refractivity contribution in [1.82, 2.24) is 4.98 Å². The predicted octanol–water partition coefficient (Wildman–Crippen LogP) is 2.94. The van der Waals surface area contributed by atoms with Gasteiger partial charge in [-0.05, 0) is 19.9 Å². The van der Waals surface area contributed by atoms with Gasteiger partial charge in [-0.15, -0.1) is 0 Å². The molecule has 0 bridgehead atoms. The molecule has 1 aromatic rings. The Hall–Kier alpha value is -1.24. The van der Waals surface area contributed by atoms with Crippen molar-refractivity contribution >= 4 is 17.3 Å². The number of ether oxygens (including phenoxy) is 1. The molecule has 0 radical (unpaired) electrons. The average molecular weight is 253 g/mol. The summed E-state index contributed by atoms with van der Waals surface area (Å²) in [7, 11) is 1.66. The summed E-state index contributed by atoms with van der Waals surface area (Å²) in [6.07, 6.45) is 2.40. The highest BCUT2D eigenvalue weighted by atomic mass is 35.5. The molecule has 0 saturated heterocycles. The molecule has 1 rings (SSSR count). The van der Waals surface area contributed by atoms with Crippen LogP contribution in [0.1, 0.15) is 25.8 Å². The standard InChI is InChI=1S/C13H17ClN2O/c1-10(2)16-12-8-13(14)15-9-11(12)6-4-5-7-17-3/h8-10H,5,7H2,1-3H3,(H,15,16). The van der Waals surface area contributed by atoms with Crippen molar-refractivity contribution in [2.75, 3.05) is 19.0 Å². The van der Waals surface area contributed by atoms with Gasteiger partial charge in [-0.2, -0.15) is 0 Å². The topological polar surface area (TPSA) is 34.1 Å². The summed E-state index contributed by atoms with van der Waals surface area (Å²) < 4.78 is 4.94. The lowest BCUT2D eigenvalue weighted by Crippen LogP contribution is -2.11. The first-order valence-electron chi connectivity index (χ1n) is 5.53. The number of pyridine rings is 1.